The molecule has 0 aliphatic carbocycles. The van der Waals surface area contributed by atoms with E-state index in [2.05, 4.69) is 46.7 Å². The second-order valence-electron chi connectivity index (χ2n) is 4.63. The van der Waals surface area contributed by atoms with Gasteiger partial charge in [0.15, 0.2) is 0 Å². The van der Waals surface area contributed by atoms with Crippen LogP contribution < -0.4 is 5.73 Å². The fourth-order valence-electron chi connectivity index (χ4n) is 1.97. The van der Waals surface area contributed by atoms with E-state index >= 15 is 0 Å². The third-order valence-corrected chi connectivity index (χ3v) is 3.31. The summed E-state index contributed by atoms with van der Waals surface area (Å²) in [5.74, 6) is 0. The van der Waals surface area contributed by atoms with Gasteiger partial charge in [-0.2, -0.15) is 0 Å². The van der Waals surface area contributed by atoms with Gasteiger partial charge in [-0.3, -0.25) is 0 Å². The van der Waals surface area contributed by atoms with E-state index in [0.717, 1.165) is 12.2 Å². The van der Waals surface area contributed by atoms with Crippen molar-refractivity contribution in [2.75, 3.05) is 19.8 Å². The van der Waals surface area contributed by atoms with Gasteiger partial charge in [0.2, 0.25) is 0 Å². The van der Waals surface area contributed by atoms with Gasteiger partial charge >= 0.3 is 0 Å². The molecular formula is C13H22N2. The highest BCUT2D eigenvalue weighted by Gasteiger charge is 2.12. The van der Waals surface area contributed by atoms with Gasteiger partial charge < -0.3 is 10.6 Å². The summed E-state index contributed by atoms with van der Waals surface area (Å²) < 4.78 is 0. The first kappa shape index (κ1) is 12.1. The third kappa shape index (κ3) is 2.15. The van der Waals surface area contributed by atoms with Crippen molar-refractivity contribution in [3.05, 3.63) is 27.8 Å². The molecule has 0 heterocycles. The highest BCUT2D eigenvalue weighted by molar-refractivity contribution is 5.62. The first-order chi connectivity index (χ1) is 6.86. The summed E-state index contributed by atoms with van der Waals surface area (Å²) in [6, 6.07) is 0. The van der Waals surface area contributed by atoms with Crippen LogP contribution in [0.3, 0.4) is 0 Å². The molecule has 0 bridgehead atoms. The van der Waals surface area contributed by atoms with E-state index < -0.39 is 0 Å². The lowest BCUT2D eigenvalue weighted by molar-refractivity contribution is 0.400. The van der Waals surface area contributed by atoms with Gasteiger partial charge in [-0.05, 0) is 69.6 Å². The smallest absolute Gasteiger partial charge is 0.0378 e. The molecule has 0 radical (unpaired) electrons. The van der Waals surface area contributed by atoms with Gasteiger partial charge in [0.25, 0.3) is 0 Å². The van der Waals surface area contributed by atoms with Crippen molar-refractivity contribution in [2.24, 2.45) is 0 Å². The predicted molar refractivity (Wildman–Crippen MR) is 67.2 cm³/mol. The van der Waals surface area contributed by atoms with E-state index in [1.807, 2.05) is 0 Å². The Balaban J connectivity index is 3.39. The monoisotopic (exact) mass is 206 g/mol. The number of nitrogens with zero attached hydrogens (tertiary/aromatic N) is 1. The minimum atomic E-state index is 0.951. The van der Waals surface area contributed by atoms with Crippen molar-refractivity contribution in [2.45, 2.75) is 34.2 Å². The van der Waals surface area contributed by atoms with Crippen molar-refractivity contribution < 1.29 is 0 Å². The molecule has 0 fully saturated rings. The second kappa shape index (κ2) is 4.23. The molecule has 1 aromatic carbocycles. The summed E-state index contributed by atoms with van der Waals surface area (Å²) in [6.07, 6.45) is 0. The van der Waals surface area contributed by atoms with Crippen LogP contribution in [0.1, 0.15) is 27.8 Å². The Kier molecular flexibility index (Phi) is 3.40. The van der Waals surface area contributed by atoms with Gasteiger partial charge in [-0.15, -0.1) is 0 Å². The minimum absolute atomic E-state index is 0.951. The third-order valence-electron chi connectivity index (χ3n) is 3.31. The number of rotatable bonds is 2. The molecule has 84 valence electrons. The maximum atomic E-state index is 6.07. The van der Waals surface area contributed by atoms with E-state index in [0.29, 0.717) is 0 Å². The number of hydrogen-bond acceptors (Lipinski definition) is 2. The number of benzene rings is 1. The molecule has 2 heteroatoms. The second-order valence-corrected chi connectivity index (χ2v) is 4.63. The number of nitrogen functional groups attached to an aromatic ring is 1. The summed E-state index contributed by atoms with van der Waals surface area (Å²) in [4.78, 5) is 2.20. The van der Waals surface area contributed by atoms with Crippen LogP contribution in [0.15, 0.2) is 0 Å². The topological polar surface area (TPSA) is 29.3 Å². The van der Waals surface area contributed by atoms with E-state index in [-0.39, 0.29) is 0 Å². The molecule has 0 saturated heterocycles. The lowest BCUT2D eigenvalue weighted by Gasteiger charge is -2.20. The van der Waals surface area contributed by atoms with Crippen molar-refractivity contribution in [3.63, 3.8) is 0 Å². The normalized spacial score (nSPS) is 11.1. The Morgan fingerprint density at radius 3 is 1.60 bits per heavy atom. The molecule has 0 spiro atoms. The standard InChI is InChI=1S/C13H22N2/c1-8-10(3)13(14)11(4)9(2)12(8)7-15(5)6/h7,14H2,1-6H3. The van der Waals surface area contributed by atoms with Crippen molar-refractivity contribution in [3.8, 4) is 0 Å². The summed E-state index contributed by atoms with van der Waals surface area (Å²) in [5, 5.41) is 0. The SMILES string of the molecule is Cc1c(C)c(CN(C)C)c(C)c(C)c1N. The average molecular weight is 206 g/mol. The lowest BCUT2D eigenvalue weighted by atomic mass is 9.92. The summed E-state index contributed by atoms with van der Waals surface area (Å²) in [7, 11) is 4.19. The fourth-order valence-corrected chi connectivity index (χ4v) is 1.97. The van der Waals surface area contributed by atoms with Crippen molar-refractivity contribution in [1.29, 1.82) is 0 Å². The van der Waals surface area contributed by atoms with Crippen molar-refractivity contribution >= 4 is 5.69 Å². The van der Waals surface area contributed by atoms with E-state index in [4.69, 9.17) is 5.73 Å². The molecule has 2 N–H and O–H groups in total. The number of hydrogen-bond donors (Lipinski definition) is 1. The lowest BCUT2D eigenvalue weighted by Crippen LogP contribution is -2.15. The van der Waals surface area contributed by atoms with Gasteiger partial charge in [-0.1, -0.05) is 0 Å². The average Bonchev–Trinajstić information content (AvgIpc) is 2.18. The van der Waals surface area contributed by atoms with Crippen molar-refractivity contribution in [1.82, 2.24) is 4.90 Å². The zero-order chi connectivity index (χ0) is 11.7. The Labute approximate surface area is 93.1 Å². The molecule has 1 aromatic rings. The molecule has 0 saturated carbocycles. The minimum Gasteiger partial charge on any atom is -0.398 e. The summed E-state index contributed by atoms with van der Waals surface area (Å²) in [6.45, 7) is 9.53. The highest BCUT2D eigenvalue weighted by Crippen LogP contribution is 2.28. The quantitative estimate of drug-likeness (QED) is 0.754. The number of anilines is 1. The molecule has 2 nitrogen and oxygen atoms in total. The molecule has 0 atom stereocenters. The van der Waals surface area contributed by atoms with Gasteiger partial charge in [-0.25, -0.2) is 0 Å². The Morgan fingerprint density at radius 2 is 1.27 bits per heavy atom. The Morgan fingerprint density at radius 1 is 0.867 bits per heavy atom. The molecule has 0 aliphatic heterocycles. The van der Waals surface area contributed by atoms with Gasteiger partial charge in [0.05, 0.1) is 0 Å². The maximum Gasteiger partial charge on any atom is 0.0378 e. The Bertz CT molecular complexity index is 350. The number of nitrogens with two attached hydrogens (primary N) is 1. The maximum absolute atomic E-state index is 6.07. The predicted octanol–water partition coefficient (Wildman–Crippen LogP) is 2.56. The highest BCUT2D eigenvalue weighted by atomic mass is 15.0. The van der Waals surface area contributed by atoms with Crippen LogP contribution in [0.5, 0.6) is 0 Å². The van der Waals surface area contributed by atoms with Crippen LogP contribution in [0.4, 0.5) is 5.69 Å². The first-order valence-electron chi connectivity index (χ1n) is 5.35. The van der Waals surface area contributed by atoms with E-state index in [1.165, 1.54) is 27.8 Å². The molecule has 0 aliphatic rings. The molecule has 0 aromatic heterocycles. The molecule has 1 rings (SSSR count). The summed E-state index contributed by atoms with van der Waals surface area (Å²) >= 11 is 0. The summed E-state index contributed by atoms with van der Waals surface area (Å²) in [5.41, 5.74) is 13.6. The van der Waals surface area contributed by atoms with E-state index in [9.17, 15) is 0 Å². The van der Waals surface area contributed by atoms with Crippen LogP contribution in [-0.4, -0.2) is 19.0 Å². The zero-order valence-corrected chi connectivity index (χ0v) is 10.7. The first-order valence-corrected chi connectivity index (χ1v) is 5.35. The zero-order valence-electron chi connectivity index (χ0n) is 10.7. The van der Waals surface area contributed by atoms with Crippen LogP contribution in [-0.2, 0) is 6.54 Å². The van der Waals surface area contributed by atoms with Gasteiger partial charge in [0, 0.05) is 12.2 Å². The van der Waals surface area contributed by atoms with E-state index in [1.54, 1.807) is 0 Å². The molecule has 0 unspecified atom stereocenters. The molecule has 0 amide bonds. The van der Waals surface area contributed by atoms with Gasteiger partial charge in [0.1, 0.15) is 0 Å². The van der Waals surface area contributed by atoms with Crippen LogP contribution in [0, 0.1) is 27.7 Å². The Hall–Kier alpha value is -1.02. The molecule has 15 heavy (non-hydrogen) atoms. The van der Waals surface area contributed by atoms with Crippen LogP contribution in [0.2, 0.25) is 0 Å². The van der Waals surface area contributed by atoms with Crippen LogP contribution >= 0.6 is 0 Å². The largest absolute Gasteiger partial charge is 0.398 e. The fraction of sp³-hybridized carbons (Fsp3) is 0.538. The van der Waals surface area contributed by atoms with Crippen LogP contribution in [0.25, 0.3) is 0 Å². The molecular weight excluding hydrogens is 184 g/mol.